The van der Waals surface area contributed by atoms with Crippen LogP contribution in [0.1, 0.15) is 0 Å². The predicted molar refractivity (Wildman–Crippen MR) is 249 cm³/mol. The summed E-state index contributed by atoms with van der Waals surface area (Å²) >= 11 is 1.87. The number of para-hydroxylation sites is 1. The third-order valence-corrected chi connectivity index (χ3v) is 13.7. The average Bonchev–Trinajstić information content (AvgIpc) is 3.94. The molecule has 1 aliphatic rings. The standard InChI is InChI=1S/C56H33NS/c1-2-9-37-30-38(21-20-34(37)8-1)35-16-18-36(19-17-35)39-22-25-42-46-26-28-52(47-13-7-12-45(56(46)47)48(42)31-39)57-51-14-5-3-10-43(51)49-32-40(23-27-53(49)57)41-24-29-55-50(33-41)44-11-4-6-15-54(44)58-55/h1-33H. The first-order chi connectivity index (χ1) is 28.7. The van der Waals surface area contributed by atoms with Crippen molar-refractivity contribution in [3.8, 4) is 61.3 Å². The minimum absolute atomic E-state index is 1.21. The Kier molecular flexibility index (Phi) is 6.66. The van der Waals surface area contributed by atoms with E-state index in [0.717, 1.165) is 0 Å². The lowest BCUT2D eigenvalue weighted by molar-refractivity contribution is 1.20. The Balaban J connectivity index is 0.909. The molecule has 1 nitrogen and oxygen atoms in total. The van der Waals surface area contributed by atoms with Crippen LogP contribution in [-0.2, 0) is 0 Å². The molecule has 0 saturated carbocycles. The summed E-state index contributed by atoms with van der Waals surface area (Å²) in [5.41, 5.74) is 16.3. The van der Waals surface area contributed by atoms with E-state index in [4.69, 9.17) is 0 Å². The van der Waals surface area contributed by atoms with Gasteiger partial charge < -0.3 is 4.57 Å². The van der Waals surface area contributed by atoms with Gasteiger partial charge in [-0.2, -0.15) is 0 Å². The number of hydrogen-bond acceptors (Lipinski definition) is 1. The van der Waals surface area contributed by atoms with Gasteiger partial charge in [0, 0.05) is 36.3 Å². The Labute approximate surface area is 339 Å². The van der Waals surface area contributed by atoms with Crippen molar-refractivity contribution in [3.63, 3.8) is 0 Å². The molecule has 268 valence electrons. The lowest BCUT2D eigenvalue weighted by atomic mass is 9.95. The van der Waals surface area contributed by atoms with E-state index in [0.29, 0.717) is 0 Å². The summed E-state index contributed by atoms with van der Waals surface area (Å²) in [6.45, 7) is 0. The Hall–Kier alpha value is -7.26. The maximum atomic E-state index is 2.48. The Morgan fingerprint density at radius 1 is 0.293 bits per heavy atom. The predicted octanol–water partition coefficient (Wildman–Crippen LogP) is 16.1. The van der Waals surface area contributed by atoms with Gasteiger partial charge in [-0.05, 0) is 126 Å². The van der Waals surface area contributed by atoms with E-state index < -0.39 is 0 Å². The molecule has 0 bridgehead atoms. The largest absolute Gasteiger partial charge is 0.309 e. The zero-order valence-electron chi connectivity index (χ0n) is 31.4. The normalized spacial score (nSPS) is 12.1. The van der Waals surface area contributed by atoms with Gasteiger partial charge in [-0.1, -0.05) is 146 Å². The first-order valence-electron chi connectivity index (χ1n) is 20.0. The van der Waals surface area contributed by atoms with Crippen LogP contribution in [0.15, 0.2) is 200 Å². The second kappa shape index (κ2) is 12.1. The van der Waals surface area contributed by atoms with Gasteiger partial charge in [0.1, 0.15) is 0 Å². The molecule has 58 heavy (non-hydrogen) atoms. The SMILES string of the molecule is c1ccc2cc(-c3ccc(-c4ccc5c(c4)-c4cccc6c(-n7c8ccccc8c8cc(-c9ccc%10sc%11ccccc%11c%10c9)ccc87)ccc-5c46)cc3)ccc2c1. The third-order valence-electron chi connectivity index (χ3n) is 12.5. The number of aromatic nitrogens is 1. The van der Waals surface area contributed by atoms with Gasteiger partial charge >= 0.3 is 0 Å². The van der Waals surface area contributed by atoms with Gasteiger partial charge in [0.15, 0.2) is 0 Å². The maximum Gasteiger partial charge on any atom is 0.0541 e. The van der Waals surface area contributed by atoms with Crippen molar-refractivity contribution < 1.29 is 0 Å². The molecular formula is C56H33NS. The molecule has 12 aromatic rings. The summed E-state index contributed by atoms with van der Waals surface area (Å²) in [5, 5.41) is 10.3. The second-order valence-corrected chi connectivity index (χ2v) is 16.7. The molecule has 2 heteroatoms. The Morgan fingerprint density at radius 3 is 1.76 bits per heavy atom. The van der Waals surface area contributed by atoms with Crippen LogP contribution in [0.25, 0.3) is 125 Å². The smallest absolute Gasteiger partial charge is 0.0541 e. The molecule has 0 spiro atoms. The maximum absolute atomic E-state index is 2.48. The molecule has 10 aromatic carbocycles. The van der Waals surface area contributed by atoms with Crippen molar-refractivity contribution in [2.75, 3.05) is 0 Å². The second-order valence-electron chi connectivity index (χ2n) is 15.7. The number of nitrogens with zero attached hydrogens (tertiary/aromatic N) is 1. The highest BCUT2D eigenvalue weighted by Crippen LogP contribution is 2.50. The van der Waals surface area contributed by atoms with Crippen LogP contribution in [0, 0.1) is 0 Å². The molecule has 0 unspecified atom stereocenters. The average molecular weight is 752 g/mol. The third kappa shape index (κ3) is 4.64. The summed E-state index contributed by atoms with van der Waals surface area (Å²) < 4.78 is 5.16. The number of fused-ring (bicyclic) bond motifs is 10. The van der Waals surface area contributed by atoms with Crippen molar-refractivity contribution in [1.82, 2.24) is 4.57 Å². The van der Waals surface area contributed by atoms with Gasteiger partial charge in [-0.15, -0.1) is 11.3 Å². The lowest BCUT2D eigenvalue weighted by Crippen LogP contribution is -1.95. The summed E-state index contributed by atoms with van der Waals surface area (Å²) in [5.74, 6) is 0. The first-order valence-corrected chi connectivity index (χ1v) is 20.8. The molecule has 0 saturated heterocycles. The van der Waals surface area contributed by atoms with Crippen LogP contribution in [-0.4, -0.2) is 4.57 Å². The fourth-order valence-electron chi connectivity index (χ4n) is 9.76. The monoisotopic (exact) mass is 751 g/mol. The quantitative estimate of drug-likeness (QED) is 0.169. The van der Waals surface area contributed by atoms with Gasteiger partial charge in [0.05, 0.1) is 16.7 Å². The minimum atomic E-state index is 1.21. The van der Waals surface area contributed by atoms with E-state index in [1.165, 1.54) is 125 Å². The number of hydrogen-bond donors (Lipinski definition) is 0. The van der Waals surface area contributed by atoms with Crippen LogP contribution < -0.4 is 0 Å². The molecule has 1 aliphatic carbocycles. The zero-order valence-corrected chi connectivity index (χ0v) is 32.2. The molecule has 2 aromatic heterocycles. The van der Waals surface area contributed by atoms with E-state index in [2.05, 4.69) is 205 Å². The van der Waals surface area contributed by atoms with Gasteiger partial charge in [0.2, 0.25) is 0 Å². The number of benzene rings is 10. The first kappa shape index (κ1) is 31.9. The van der Waals surface area contributed by atoms with Crippen molar-refractivity contribution in [3.05, 3.63) is 200 Å². The van der Waals surface area contributed by atoms with E-state index in [1.807, 2.05) is 11.3 Å². The van der Waals surface area contributed by atoms with Gasteiger partial charge in [-0.25, -0.2) is 0 Å². The number of rotatable bonds is 4. The molecule has 0 radical (unpaired) electrons. The Morgan fingerprint density at radius 2 is 0.879 bits per heavy atom. The van der Waals surface area contributed by atoms with E-state index in [1.54, 1.807) is 0 Å². The number of thiophene rings is 1. The fraction of sp³-hybridized carbons (Fsp3) is 0. The van der Waals surface area contributed by atoms with Gasteiger partial charge in [0.25, 0.3) is 0 Å². The van der Waals surface area contributed by atoms with Gasteiger partial charge in [-0.3, -0.25) is 0 Å². The summed E-state index contributed by atoms with van der Waals surface area (Å²) in [6.07, 6.45) is 0. The molecule has 0 N–H and O–H groups in total. The summed E-state index contributed by atoms with van der Waals surface area (Å²) in [4.78, 5) is 0. The fourth-order valence-corrected chi connectivity index (χ4v) is 10.8. The highest BCUT2D eigenvalue weighted by molar-refractivity contribution is 7.25. The van der Waals surface area contributed by atoms with Crippen LogP contribution in [0.2, 0.25) is 0 Å². The van der Waals surface area contributed by atoms with Crippen molar-refractivity contribution in [2.24, 2.45) is 0 Å². The minimum Gasteiger partial charge on any atom is -0.309 e. The molecule has 2 heterocycles. The molecule has 0 atom stereocenters. The topological polar surface area (TPSA) is 4.93 Å². The molecule has 0 amide bonds. The molecule has 0 aliphatic heterocycles. The van der Waals surface area contributed by atoms with Crippen molar-refractivity contribution in [1.29, 1.82) is 0 Å². The molecular weight excluding hydrogens is 719 g/mol. The van der Waals surface area contributed by atoms with Crippen molar-refractivity contribution in [2.45, 2.75) is 0 Å². The summed E-state index contributed by atoms with van der Waals surface area (Å²) in [7, 11) is 0. The van der Waals surface area contributed by atoms with Crippen LogP contribution in [0.4, 0.5) is 0 Å². The highest BCUT2D eigenvalue weighted by Gasteiger charge is 2.25. The molecule has 0 fully saturated rings. The van der Waals surface area contributed by atoms with E-state index >= 15 is 0 Å². The van der Waals surface area contributed by atoms with E-state index in [9.17, 15) is 0 Å². The summed E-state index contributed by atoms with van der Waals surface area (Å²) in [6, 6.07) is 74.5. The highest BCUT2D eigenvalue weighted by atomic mass is 32.1. The van der Waals surface area contributed by atoms with Crippen molar-refractivity contribution >= 4 is 74.9 Å². The zero-order chi connectivity index (χ0) is 37.9. The van der Waals surface area contributed by atoms with Crippen LogP contribution >= 0.6 is 11.3 Å². The molecule has 13 rings (SSSR count). The van der Waals surface area contributed by atoms with E-state index in [-0.39, 0.29) is 0 Å². The van der Waals surface area contributed by atoms with Crippen LogP contribution in [0.3, 0.4) is 0 Å². The Bertz CT molecular complexity index is 3670. The van der Waals surface area contributed by atoms with Crippen LogP contribution in [0.5, 0.6) is 0 Å². The lowest BCUT2D eigenvalue weighted by Gasteiger charge is -2.13.